The second-order valence-corrected chi connectivity index (χ2v) is 7.47. The van der Waals surface area contributed by atoms with Gasteiger partial charge in [0.05, 0.1) is 18.1 Å². The number of hydrogen-bond donors (Lipinski definition) is 2. The average molecular weight is 399 g/mol. The molecule has 1 unspecified atom stereocenters. The maximum atomic E-state index is 13.9. The topological polar surface area (TPSA) is 70.6 Å². The summed E-state index contributed by atoms with van der Waals surface area (Å²) in [5, 5.41) is 10.3. The Morgan fingerprint density at radius 3 is 2.83 bits per heavy atom. The van der Waals surface area contributed by atoms with Crippen LogP contribution in [0.5, 0.6) is 5.75 Å². The Morgan fingerprint density at radius 2 is 2.10 bits per heavy atom. The molecule has 0 spiro atoms. The first-order chi connectivity index (χ1) is 14.0. The average Bonchev–Trinajstić information content (AvgIpc) is 3.15. The van der Waals surface area contributed by atoms with Gasteiger partial charge in [0.15, 0.2) is 11.6 Å². The molecule has 0 amide bonds. The number of aromatic amines is 1. The van der Waals surface area contributed by atoms with E-state index in [1.165, 1.54) is 20.3 Å². The molecule has 1 aliphatic rings. The molecule has 0 radical (unpaired) electrons. The fourth-order valence-corrected chi connectivity index (χ4v) is 4.09. The fourth-order valence-electron chi connectivity index (χ4n) is 4.09. The fraction of sp³-hybridized carbons (Fsp3) is 0.409. The molecule has 154 valence electrons. The van der Waals surface area contributed by atoms with Gasteiger partial charge in [-0.15, -0.1) is 0 Å². The quantitative estimate of drug-likeness (QED) is 0.620. The van der Waals surface area contributed by atoms with Crippen LogP contribution in [0.25, 0.3) is 11.0 Å². The molecule has 0 fully saturated rings. The van der Waals surface area contributed by atoms with Gasteiger partial charge in [-0.25, -0.2) is 9.37 Å². The van der Waals surface area contributed by atoms with Crippen molar-refractivity contribution in [1.29, 1.82) is 0 Å². The summed E-state index contributed by atoms with van der Waals surface area (Å²) < 4.78 is 24.0. The second-order valence-electron chi connectivity index (χ2n) is 7.47. The van der Waals surface area contributed by atoms with E-state index in [0.29, 0.717) is 12.8 Å². The molecular formula is C22H26FN3O3. The number of nitrogens with one attached hydrogen (secondary N) is 1. The minimum absolute atomic E-state index is 0.179. The summed E-state index contributed by atoms with van der Waals surface area (Å²) in [5.41, 5.74) is 4.88. The first-order valence-corrected chi connectivity index (χ1v) is 9.84. The van der Waals surface area contributed by atoms with Crippen LogP contribution in [0.15, 0.2) is 30.3 Å². The highest BCUT2D eigenvalue weighted by atomic mass is 19.1. The van der Waals surface area contributed by atoms with Gasteiger partial charge in [0.25, 0.3) is 0 Å². The van der Waals surface area contributed by atoms with Gasteiger partial charge in [-0.1, -0.05) is 6.07 Å². The van der Waals surface area contributed by atoms with Crippen molar-refractivity contribution in [3.8, 4) is 5.75 Å². The SMILES string of the molecule is COc1ccc(CCc2nc3c4c(ccc3[nH]2)N(C(O)OC)[C@@H](C)CC4)cc1F. The van der Waals surface area contributed by atoms with E-state index in [1.807, 2.05) is 23.1 Å². The molecule has 0 saturated carbocycles. The Morgan fingerprint density at radius 1 is 1.28 bits per heavy atom. The number of ether oxygens (including phenoxy) is 2. The highest BCUT2D eigenvalue weighted by molar-refractivity contribution is 5.85. The van der Waals surface area contributed by atoms with Crippen molar-refractivity contribution < 1.29 is 19.0 Å². The molecule has 1 aromatic heterocycles. The van der Waals surface area contributed by atoms with E-state index in [9.17, 15) is 9.50 Å². The molecule has 7 heteroatoms. The maximum Gasteiger partial charge on any atom is 0.237 e. The zero-order valence-electron chi connectivity index (χ0n) is 16.9. The van der Waals surface area contributed by atoms with Crippen LogP contribution in [0.1, 0.15) is 30.3 Å². The van der Waals surface area contributed by atoms with E-state index in [4.69, 9.17) is 14.5 Å². The van der Waals surface area contributed by atoms with Crippen LogP contribution in [-0.4, -0.2) is 41.7 Å². The lowest BCUT2D eigenvalue weighted by Crippen LogP contribution is -2.45. The Hall–Kier alpha value is -2.64. The largest absolute Gasteiger partial charge is 0.494 e. The number of aliphatic hydroxyl groups is 1. The molecule has 2 atom stereocenters. The first-order valence-electron chi connectivity index (χ1n) is 9.84. The molecule has 29 heavy (non-hydrogen) atoms. The third-order valence-corrected chi connectivity index (χ3v) is 5.66. The van der Waals surface area contributed by atoms with Gasteiger partial charge in [-0.3, -0.25) is 0 Å². The number of aromatic nitrogens is 2. The summed E-state index contributed by atoms with van der Waals surface area (Å²) in [6, 6.07) is 9.21. The van der Waals surface area contributed by atoms with Crippen LogP contribution in [0.3, 0.4) is 0 Å². The lowest BCUT2D eigenvalue weighted by molar-refractivity contribution is -0.0794. The van der Waals surface area contributed by atoms with Crippen LogP contribution in [0.4, 0.5) is 10.1 Å². The molecule has 3 aromatic rings. The standard InChI is InChI=1S/C22H26FN3O3/c1-13-4-7-15-18(26(13)22(27)29-3)9-8-17-21(15)25-20(24-17)11-6-14-5-10-19(28-2)16(23)12-14/h5,8-10,12-13,22,27H,4,6-7,11H2,1-3H3,(H,24,25)/t13-,22?/m0/s1. The Kier molecular flexibility index (Phi) is 5.43. The summed E-state index contributed by atoms with van der Waals surface area (Å²) in [4.78, 5) is 10.1. The van der Waals surface area contributed by atoms with E-state index in [1.54, 1.807) is 6.07 Å². The van der Waals surface area contributed by atoms with Crippen LogP contribution < -0.4 is 9.64 Å². The van der Waals surface area contributed by atoms with Gasteiger partial charge in [0.2, 0.25) is 6.41 Å². The molecule has 1 aliphatic heterocycles. The van der Waals surface area contributed by atoms with Gasteiger partial charge in [-0.2, -0.15) is 0 Å². The summed E-state index contributed by atoms with van der Waals surface area (Å²) in [5.74, 6) is 0.762. The van der Waals surface area contributed by atoms with E-state index in [2.05, 4.69) is 11.9 Å². The van der Waals surface area contributed by atoms with Gasteiger partial charge >= 0.3 is 0 Å². The lowest BCUT2D eigenvalue weighted by Gasteiger charge is -2.39. The molecule has 4 rings (SSSR count). The van der Waals surface area contributed by atoms with Gasteiger partial charge in [-0.05, 0) is 56.0 Å². The number of benzene rings is 2. The van der Waals surface area contributed by atoms with Crippen molar-refractivity contribution in [3.05, 3.63) is 53.1 Å². The minimum atomic E-state index is -0.982. The first kappa shape index (κ1) is 19.7. The van der Waals surface area contributed by atoms with Crippen molar-refractivity contribution in [3.63, 3.8) is 0 Å². The molecule has 2 N–H and O–H groups in total. The van der Waals surface area contributed by atoms with E-state index in [-0.39, 0.29) is 17.6 Å². The number of halogens is 1. The van der Waals surface area contributed by atoms with Gasteiger partial charge in [0.1, 0.15) is 5.82 Å². The molecule has 0 bridgehead atoms. The van der Waals surface area contributed by atoms with Crippen LogP contribution in [0.2, 0.25) is 0 Å². The van der Waals surface area contributed by atoms with Crippen molar-refractivity contribution in [2.45, 2.75) is 45.1 Å². The monoisotopic (exact) mass is 399 g/mol. The number of rotatable bonds is 6. The minimum Gasteiger partial charge on any atom is -0.494 e. The van der Waals surface area contributed by atoms with Gasteiger partial charge in [0, 0.05) is 30.8 Å². The maximum absolute atomic E-state index is 13.9. The second kappa shape index (κ2) is 8.00. The number of aryl methyl sites for hydroxylation is 3. The third kappa shape index (κ3) is 3.68. The highest BCUT2D eigenvalue weighted by Crippen LogP contribution is 2.36. The number of imidazole rings is 1. The number of anilines is 1. The lowest BCUT2D eigenvalue weighted by atomic mass is 9.96. The molecule has 0 saturated heterocycles. The van der Waals surface area contributed by atoms with Crippen LogP contribution in [0, 0.1) is 5.82 Å². The highest BCUT2D eigenvalue weighted by Gasteiger charge is 2.30. The molecule has 2 aromatic carbocycles. The van der Waals surface area contributed by atoms with E-state index < -0.39 is 6.41 Å². The van der Waals surface area contributed by atoms with Crippen LogP contribution in [-0.2, 0) is 24.0 Å². The smallest absolute Gasteiger partial charge is 0.237 e. The molecule has 0 aliphatic carbocycles. The van der Waals surface area contributed by atoms with E-state index in [0.717, 1.165) is 46.5 Å². The van der Waals surface area contributed by atoms with Crippen molar-refractivity contribution in [2.75, 3.05) is 19.1 Å². The van der Waals surface area contributed by atoms with Crippen molar-refractivity contribution >= 4 is 16.7 Å². The summed E-state index contributed by atoms with van der Waals surface area (Å²) >= 11 is 0. The Labute approximate surface area is 169 Å². The number of methoxy groups -OCH3 is 2. The number of nitrogens with zero attached hydrogens (tertiary/aromatic N) is 2. The zero-order valence-corrected chi connectivity index (χ0v) is 16.9. The zero-order chi connectivity index (χ0) is 20.5. The van der Waals surface area contributed by atoms with E-state index >= 15 is 0 Å². The molecular weight excluding hydrogens is 373 g/mol. The molecule has 6 nitrogen and oxygen atoms in total. The summed E-state index contributed by atoms with van der Waals surface area (Å²) in [6.45, 7) is 2.08. The van der Waals surface area contributed by atoms with Crippen molar-refractivity contribution in [2.24, 2.45) is 0 Å². The number of H-pyrrole nitrogens is 1. The predicted molar refractivity (Wildman–Crippen MR) is 110 cm³/mol. The Bertz CT molecular complexity index is 1020. The number of fused-ring (bicyclic) bond motifs is 3. The molecule has 2 heterocycles. The normalized spacial score (nSPS) is 17.4. The van der Waals surface area contributed by atoms with Crippen LogP contribution >= 0.6 is 0 Å². The number of hydrogen-bond acceptors (Lipinski definition) is 5. The summed E-state index contributed by atoms with van der Waals surface area (Å²) in [6.07, 6.45) is 2.18. The third-order valence-electron chi connectivity index (χ3n) is 5.66. The number of aliphatic hydroxyl groups excluding tert-OH is 1. The van der Waals surface area contributed by atoms with Gasteiger partial charge < -0.3 is 24.5 Å². The summed E-state index contributed by atoms with van der Waals surface area (Å²) in [7, 11) is 2.96. The predicted octanol–water partition coefficient (Wildman–Crippen LogP) is 3.56. The Balaban J connectivity index is 1.59. The van der Waals surface area contributed by atoms with Crippen molar-refractivity contribution in [1.82, 2.24) is 9.97 Å².